The number of phenolic OH excluding ortho intramolecular Hbond substituents is 2. The van der Waals surface area contributed by atoms with E-state index < -0.39 is 0 Å². The molecule has 38 heavy (non-hydrogen) atoms. The molecule has 4 aromatic carbocycles. The molecule has 5 rings (SSSR count). The summed E-state index contributed by atoms with van der Waals surface area (Å²) in [7, 11) is 0. The Morgan fingerprint density at radius 3 is 1.00 bits per heavy atom. The second-order valence-electron chi connectivity index (χ2n) is 9.44. The average Bonchev–Trinajstić information content (AvgIpc) is 2.92. The van der Waals surface area contributed by atoms with Gasteiger partial charge in [0.1, 0.15) is 23.0 Å². The number of para-hydroxylation sites is 4. The highest BCUT2D eigenvalue weighted by atomic mass is 79.9. The Labute approximate surface area is 240 Å². The van der Waals surface area contributed by atoms with Gasteiger partial charge in [-0.25, -0.2) is 0 Å². The fraction of sp³-hybridized carbons (Fsp3) is 0.250. The molecule has 4 aromatic rings. The fourth-order valence-electron chi connectivity index (χ4n) is 5.17. The van der Waals surface area contributed by atoms with Crippen molar-refractivity contribution in [3.05, 3.63) is 117 Å². The van der Waals surface area contributed by atoms with Crippen molar-refractivity contribution in [1.82, 2.24) is 0 Å². The van der Waals surface area contributed by atoms with Crippen molar-refractivity contribution >= 4 is 31.9 Å². The smallest absolute Gasteiger partial charge is 0.126 e. The summed E-state index contributed by atoms with van der Waals surface area (Å²) in [6.07, 6.45) is 2.13. The van der Waals surface area contributed by atoms with Crippen LogP contribution in [-0.4, -0.2) is 34.1 Å². The van der Waals surface area contributed by atoms with Crippen LogP contribution in [0.25, 0.3) is 0 Å². The average molecular weight is 638 g/mol. The van der Waals surface area contributed by atoms with Gasteiger partial charge in [0.05, 0.1) is 13.2 Å². The fourth-order valence-corrected chi connectivity index (χ4v) is 5.49. The number of hydrogen-bond acceptors (Lipinski definition) is 4. The largest absolute Gasteiger partial charge is 0.507 e. The molecule has 0 spiro atoms. The van der Waals surface area contributed by atoms with E-state index in [1.807, 2.05) is 72.8 Å². The molecular formula is C32H30Br2O4. The number of phenols is 2. The molecule has 8 bridgehead atoms. The van der Waals surface area contributed by atoms with Crippen LogP contribution >= 0.6 is 31.9 Å². The number of ether oxygens (including phenoxy) is 2. The molecule has 0 radical (unpaired) electrons. The Bertz CT molecular complexity index is 1240. The summed E-state index contributed by atoms with van der Waals surface area (Å²) >= 11 is 6.95. The van der Waals surface area contributed by atoms with Crippen LogP contribution in [0.5, 0.6) is 23.0 Å². The van der Waals surface area contributed by atoms with Crippen LogP contribution in [0.15, 0.2) is 72.8 Å². The number of hydrogen-bond donors (Lipinski definition) is 2. The van der Waals surface area contributed by atoms with Crippen molar-refractivity contribution in [1.29, 1.82) is 0 Å². The molecule has 0 amide bonds. The van der Waals surface area contributed by atoms with Crippen LogP contribution < -0.4 is 9.47 Å². The van der Waals surface area contributed by atoms with Crippen molar-refractivity contribution < 1.29 is 19.7 Å². The maximum atomic E-state index is 11.4. The van der Waals surface area contributed by atoms with Gasteiger partial charge in [-0.3, -0.25) is 0 Å². The van der Waals surface area contributed by atoms with E-state index in [1.165, 1.54) is 0 Å². The topological polar surface area (TPSA) is 58.9 Å². The van der Waals surface area contributed by atoms with Crippen LogP contribution in [0.2, 0.25) is 0 Å². The van der Waals surface area contributed by atoms with Gasteiger partial charge in [-0.05, 0) is 44.5 Å². The minimum Gasteiger partial charge on any atom is -0.507 e. The van der Waals surface area contributed by atoms with Gasteiger partial charge in [-0.1, -0.05) is 105 Å². The van der Waals surface area contributed by atoms with Gasteiger partial charge in [0, 0.05) is 36.3 Å². The predicted molar refractivity (Wildman–Crippen MR) is 159 cm³/mol. The Kier molecular flexibility index (Phi) is 8.60. The molecule has 0 fully saturated rings. The van der Waals surface area contributed by atoms with Gasteiger partial charge < -0.3 is 19.7 Å². The van der Waals surface area contributed by atoms with Crippen LogP contribution in [0.1, 0.15) is 44.5 Å². The van der Waals surface area contributed by atoms with Gasteiger partial charge in [0.25, 0.3) is 0 Å². The zero-order valence-corrected chi connectivity index (χ0v) is 24.2. The molecular weight excluding hydrogens is 608 g/mol. The first-order valence-electron chi connectivity index (χ1n) is 12.8. The molecule has 1 aliphatic rings. The second-order valence-corrected chi connectivity index (χ2v) is 11.0. The molecule has 0 saturated heterocycles. The van der Waals surface area contributed by atoms with Crippen molar-refractivity contribution in [2.75, 3.05) is 23.9 Å². The minimum absolute atomic E-state index is 0.302. The number of rotatable bonds is 6. The Morgan fingerprint density at radius 1 is 0.474 bits per heavy atom. The lowest BCUT2D eigenvalue weighted by Crippen LogP contribution is -2.07. The molecule has 2 N–H and O–H groups in total. The van der Waals surface area contributed by atoms with Crippen molar-refractivity contribution in [2.45, 2.75) is 25.7 Å². The van der Waals surface area contributed by atoms with Crippen molar-refractivity contribution in [3.63, 3.8) is 0 Å². The number of halogens is 2. The molecule has 0 unspecified atom stereocenters. The zero-order valence-electron chi connectivity index (χ0n) is 21.1. The highest BCUT2D eigenvalue weighted by molar-refractivity contribution is 9.09. The molecule has 0 heterocycles. The highest BCUT2D eigenvalue weighted by Crippen LogP contribution is 2.37. The van der Waals surface area contributed by atoms with Gasteiger partial charge in [-0.15, -0.1) is 0 Å². The zero-order chi connectivity index (χ0) is 26.5. The quantitative estimate of drug-likeness (QED) is 0.192. The first kappa shape index (κ1) is 26.6. The summed E-state index contributed by atoms with van der Waals surface area (Å²) < 4.78 is 12.5. The Morgan fingerprint density at radius 2 is 0.737 bits per heavy atom. The van der Waals surface area contributed by atoms with Gasteiger partial charge in [-0.2, -0.15) is 0 Å². The number of aromatic hydroxyl groups is 2. The highest BCUT2D eigenvalue weighted by Gasteiger charge is 2.20. The van der Waals surface area contributed by atoms with E-state index in [4.69, 9.17) is 9.47 Å². The third-order valence-corrected chi connectivity index (χ3v) is 7.58. The van der Waals surface area contributed by atoms with E-state index in [0.29, 0.717) is 61.1 Å². The van der Waals surface area contributed by atoms with Gasteiger partial charge in [0.15, 0.2) is 0 Å². The lowest BCUT2D eigenvalue weighted by atomic mass is 9.91. The predicted octanol–water partition coefficient (Wildman–Crippen LogP) is 7.32. The Balaban J connectivity index is 1.70. The van der Waals surface area contributed by atoms with Crippen molar-refractivity contribution in [2.24, 2.45) is 0 Å². The Hall–Kier alpha value is -2.96. The van der Waals surface area contributed by atoms with E-state index >= 15 is 0 Å². The number of fused-ring (bicyclic) bond motifs is 8. The van der Waals surface area contributed by atoms with Gasteiger partial charge >= 0.3 is 0 Å². The summed E-state index contributed by atoms with van der Waals surface area (Å²) in [5, 5.41) is 24.1. The summed E-state index contributed by atoms with van der Waals surface area (Å²) in [6, 6.07) is 24.1. The number of alkyl halides is 2. The molecule has 0 saturated carbocycles. The van der Waals surface area contributed by atoms with Crippen LogP contribution in [0.4, 0.5) is 0 Å². The third kappa shape index (κ3) is 5.71. The third-order valence-electron chi connectivity index (χ3n) is 6.93. The molecule has 1 aliphatic carbocycles. The first-order chi connectivity index (χ1) is 18.6. The standard InChI is InChI=1S/C32H30Br2O4/c33-13-15-37-31-25-9-3-11-27(31)19-23-7-2-8-24(30(23)36)20-28-12-4-10-26(32(28)38-16-14-34)18-22-6-1-5-21(17-25)29(22)35/h1-12,35-36H,13-20H2. The lowest BCUT2D eigenvalue weighted by Gasteiger charge is -2.20. The summed E-state index contributed by atoms with van der Waals surface area (Å²) in [5.74, 6) is 2.22. The van der Waals surface area contributed by atoms with E-state index in [1.54, 1.807) is 0 Å². The van der Waals surface area contributed by atoms with Crippen LogP contribution in [0, 0.1) is 0 Å². The normalized spacial score (nSPS) is 12.7. The van der Waals surface area contributed by atoms with Crippen molar-refractivity contribution in [3.8, 4) is 23.0 Å². The lowest BCUT2D eigenvalue weighted by molar-refractivity contribution is 0.338. The summed E-state index contributed by atoms with van der Waals surface area (Å²) in [6.45, 7) is 1.04. The first-order valence-corrected chi connectivity index (χ1v) is 15.0. The maximum absolute atomic E-state index is 11.4. The minimum atomic E-state index is 0.302. The summed E-state index contributed by atoms with van der Waals surface area (Å²) in [5.41, 5.74) is 7.39. The van der Waals surface area contributed by atoms with Crippen LogP contribution in [0.3, 0.4) is 0 Å². The van der Waals surface area contributed by atoms with Gasteiger partial charge in [0.2, 0.25) is 0 Å². The monoisotopic (exact) mass is 636 g/mol. The van der Waals surface area contributed by atoms with E-state index in [-0.39, 0.29) is 0 Å². The maximum Gasteiger partial charge on any atom is 0.126 e. The molecule has 0 aromatic heterocycles. The summed E-state index contributed by atoms with van der Waals surface area (Å²) in [4.78, 5) is 0. The van der Waals surface area contributed by atoms with E-state index in [2.05, 4.69) is 31.9 Å². The molecule has 0 aliphatic heterocycles. The van der Waals surface area contributed by atoms with E-state index in [9.17, 15) is 10.2 Å². The molecule has 0 atom stereocenters. The van der Waals surface area contributed by atoms with E-state index in [0.717, 1.165) is 56.0 Å². The molecule has 4 nitrogen and oxygen atoms in total. The van der Waals surface area contributed by atoms with Crippen LogP contribution in [-0.2, 0) is 25.7 Å². The number of benzene rings is 4. The second kappa shape index (κ2) is 12.3. The molecule has 6 heteroatoms. The SMILES string of the molecule is Oc1c2cccc1Cc1cccc(c1OCCBr)Cc1cccc(c1O)Cc1cccc(c1OCCBr)C2. The molecule has 196 valence electrons.